The molecule has 1 fully saturated rings. The Bertz CT molecular complexity index is 525. The van der Waals surface area contributed by atoms with Crippen molar-refractivity contribution in [2.75, 3.05) is 26.2 Å². The topological polar surface area (TPSA) is 49.4 Å². The summed E-state index contributed by atoms with van der Waals surface area (Å²) in [5.41, 5.74) is 0. The molecule has 0 aliphatic carbocycles. The number of hydrogen-bond acceptors (Lipinski definition) is 3. The predicted molar refractivity (Wildman–Crippen MR) is 84.2 cm³/mol. The number of rotatable bonds is 5. The van der Waals surface area contributed by atoms with Gasteiger partial charge in [0.15, 0.2) is 0 Å². The normalized spacial score (nSPS) is 17.6. The second-order valence-electron chi connectivity index (χ2n) is 5.10. The van der Waals surface area contributed by atoms with E-state index >= 15 is 0 Å². The first-order valence-electron chi connectivity index (χ1n) is 7.00. The van der Waals surface area contributed by atoms with Crippen molar-refractivity contribution in [2.24, 2.45) is 5.92 Å². The van der Waals surface area contributed by atoms with Crippen LogP contribution >= 0.6 is 15.9 Å². The summed E-state index contributed by atoms with van der Waals surface area (Å²) in [5.74, 6) is 0.460. The van der Waals surface area contributed by atoms with E-state index in [1.807, 2.05) is 6.92 Å². The Hall–Kier alpha value is -0.430. The van der Waals surface area contributed by atoms with Gasteiger partial charge in [-0.05, 0) is 56.1 Å². The third kappa shape index (κ3) is 3.81. The highest BCUT2D eigenvalue weighted by Gasteiger charge is 2.26. The van der Waals surface area contributed by atoms with Crippen LogP contribution in [-0.4, -0.2) is 38.9 Å². The molecule has 1 heterocycles. The second kappa shape index (κ2) is 7.02. The fourth-order valence-corrected chi connectivity index (χ4v) is 4.29. The molecule has 0 saturated carbocycles. The van der Waals surface area contributed by atoms with E-state index in [9.17, 15) is 8.42 Å². The standard InChI is InChI=1S/C14H21BrN2O2S/c1-2-17(11-12-7-9-16-10-8-12)20(18,19)14-5-3-13(15)4-6-14/h3-6,12,16H,2,7-11H2,1H3. The summed E-state index contributed by atoms with van der Waals surface area (Å²) in [4.78, 5) is 0.372. The Morgan fingerprint density at radius 1 is 1.25 bits per heavy atom. The molecule has 2 rings (SSSR count). The van der Waals surface area contributed by atoms with Crippen LogP contribution in [0.3, 0.4) is 0 Å². The maximum absolute atomic E-state index is 12.6. The van der Waals surface area contributed by atoms with Gasteiger partial charge in [0.25, 0.3) is 0 Å². The third-order valence-corrected chi connectivity index (χ3v) is 6.21. The molecule has 0 spiro atoms. The van der Waals surface area contributed by atoms with Crippen molar-refractivity contribution in [2.45, 2.75) is 24.7 Å². The molecule has 1 saturated heterocycles. The lowest BCUT2D eigenvalue weighted by molar-refractivity contribution is 0.294. The van der Waals surface area contributed by atoms with E-state index in [-0.39, 0.29) is 0 Å². The lowest BCUT2D eigenvalue weighted by Gasteiger charge is -2.28. The zero-order valence-electron chi connectivity index (χ0n) is 11.7. The van der Waals surface area contributed by atoms with Crippen LogP contribution in [0.4, 0.5) is 0 Å². The smallest absolute Gasteiger partial charge is 0.243 e. The minimum absolute atomic E-state index is 0.372. The highest BCUT2D eigenvalue weighted by Crippen LogP contribution is 2.21. The molecule has 20 heavy (non-hydrogen) atoms. The average Bonchev–Trinajstić information content (AvgIpc) is 2.46. The highest BCUT2D eigenvalue weighted by molar-refractivity contribution is 9.10. The minimum atomic E-state index is -3.38. The maximum Gasteiger partial charge on any atom is 0.243 e. The minimum Gasteiger partial charge on any atom is -0.317 e. The van der Waals surface area contributed by atoms with E-state index in [0.717, 1.165) is 30.4 Å². The van der Waals surface area contributed by atoms with Gasteiger partial charge >= 0.3 is 0 Å². The van der Waals surface area contributed by atoms with Crippen LogP contribution in [0.1, 0.15) is 19.8 Å². The van der Waals surface area contributed by atoms with Gasteiger partial charge in [0, 0.05) is 17.6 Å². The van der Waals surface area contributed by atoms with Gasteiger partial charge in [-0.2, -0.15) is 4.31 Å². The summed E-state index contributed by atoms with van der Waals surface area (Å²) in [7, 11) is -3.38. The van der Waals surface area contributed by atoms with Crippen molar-refractivity contribution in [1.29, 1.82) is 0 Å². The average molecular weight is 361 g/mol. The molecule has 0 unspecified atom stereocenters. The van der Waals surface area contributed by atoms with Gasteiger partial charge in [-0.15, -0.1) is 0 Å². The monoisotopic (exact) mass is 360 g/mol. The molecule has 0 bridgehead atoms. The number of halogens is 1. The number of benzene rings is 1. The van der Waals surface area contributed by atoms with Crippen LogP contribution in [0.15, 0.2) is 33.6 Å². The van der Waals surface area contributed by atoms with E-state index in [0.29, 0.717) is 23.9 Å². The van der Waals surface area contributed by atoms with Crippen LogP contribution in [0.5, 0.6) is 0 Å². The molecule has 1 aliphatic heterocycles. The highest BCUT2D eigenvalue weighted by atomic mass is 79.9. The van der Waals surface area contributed by atoms with Gasteiger partial charge in [-0.3, -0.25) is 0 Å². The number of nitrogens with zero attached hydrogens (tertiary/aromatic N) is 1. The summed E-state index contributed by atoms with van der Waals surface area (Å²) in [5, 5.41) is 3.31. The van der Waals surface area contributed by atoms with Crippen LogP contribution in [0.2, 0.25) is 0 Å². The molecule has 1 aliphatic rings. The lowest BCUT2D eigenvalue weighted by atomic mass is 9.98. The SMILES string of the molecule is CCN(CC1CCNCC1)S(=O)(=O)c1ccc(Br)cc1. The summed E-state index contributed by atoms with van der Waals surface area (Å²) >= 11 is 3.33. The van der Waals surface area contributed by atoms with Crippen molar-refractivity contribution in [1.82, 2.24) is 9.62 Å². The second-order valence-corrected chi connectivity index (χ2v) is 7.96. The third-order valence-electron chi connectivity index (χ3n) is 3.72. The zero-order valence-corrected chi connectivity index (χ0v) is 14.1. The Balaban J connectivity index is 2.14. The van der Waals surface area contributed by atoms with Gasteiger partial charge in [0.1, 0.15) is 0 Å². The van der Waals surface area contributed by atoms with E-state index in [1.54, 1.807) is 28.6 Å². The number of piperidine rings is 1. The van der Waals surface area contributed by atoms with Gasteiger partial charge in [0.2, 0.25) is 10.0 Å². The van der Waals surface area contributed by atoms with E-state index in [2.05, 4.69) is 21.2 Å². The number of hydrogen-bond donors (Lipinski definition) is 1. The van der Waals surface area contributed by atoms with Crippen molar-refractivity contribution in [3.63, 3.8) is 0 Å². The summed E-state index contributed by atoms with van der Waals surface area (Å²) < 4.78 is 27.8. The maximum atomic E-state index is 12.6. The van der Waals surface area contributed by atoms with Crippen molar-refractivity contribution < 1.29 is 8.42 Å². The van der Waals surface area contributed by atoms with E-state index < -0.39 is 10.0 Å². The predicted octanol–water partition coefficient (Wildman–Crippen LogP) is 2.46. The molecule has 4 nitrogen and oxygen atoms in total. The Morgan fingerprint density at radius 2 is 1.85 bits per heavy atom. The molecule has 0 aromatic heterocycles. The Morgan fingerprint density at radius 3 is 2.40 bits per heavy atom. The zero-order chi connectivity index (χ0) is 14.6. The van der Waals surface area contributed by atoms with Gasteiger partial charge < -0.3 is 5.32 Å². The summed E-state index contributed by atoms with van der Waals surface area (Å²) in [6.45, 7) is 5.01. The molecule has 0 atom stereocenters. The summed E-state index contributed by atoms with van der Waals surface area (Å²) in [6.07, 6.45) is 2.10. The largest absolute Gasteiger partial charge is 0.317 e. The van der Waals surface area contributed by atoms with Gasteiger partial charge in [0.05, 0.1) is 4.90 Å². The molecule has 112 valence electrons. The van der Waals surface area contributed by atoms with Crippen LogP contribution in [0, 0.1) is 5.92 Å². The van der Waals surface area contributed by atoms with E-state index in [4.69, 9.17) is 0 Å². The van der Waals surface area contributed by atoms with Crippen molar-refractivity contribution >= 4 is 26.0 Å². The van der Waals surface area contributed by atoms with Crippen molar-refractivity contribution in [3.05, 3.63) is 28.7 Å². The number of nitrogens with one attached hydrogen (secondary N) is 1. The van der Waals surface area contributed by atoms with E-state index in [1.165, 1.54) is 0 Å². The first-order chi connectivity index (χ1) is 9.54. The fourth-order valence-electron chi connectivity index (χ4n) is 2.51. The molecular formula is C14H21BrN2O2S. The van der Waals surface area contributed by atoms with Crippen molar-refractivity contribution in [3.8, 4) is 0 Å². The van der Waals surface area contributed by atoms with Gasteiger partial charge in [-0.25, -0.2) is 8.42 Å². The fraction of sp³-hybridized carbons (Fsp3) is 0.571. The van der Waals surface area contributed by atoms with Crippen LogP contribution in [0.25, 0.3) is 0 Å². The summed E-state index contributed by atoms with van der Waals surface area (Å²) in [6, 6.07) is 6.85. The Labute approximate surface area is 129 Å². The molecule has 0 amide bonds. The van der Waals surface area contributed by atoms with Crippen LogP contribution < -0.4 is 5.32 Å². The molecule has 1 aromatic rings. The first-order valence-corrected chi connectivity index (χ1v) is 9.23. The number of sulfonamides is 1. The lowest BCUT2D eigenvalue weighted by Crippen LogP contribution is -2.39. The molecular weight excluding hydrogens is 340 g/mol. The van der Waals surface area contributed by atoms with Gasteiger partial charge in [-0.1, -0.05) is 22.9 Å². The molecule has 1 N–H and O–H groups in total. The first kappa shape index (κ1) is 15.9. The quantitative estimate of drug-likeness (QED) is 0.877. The molecule has 0 radical (unpaired) electrons. The Kier molecular flexibility index (Phi) is 5.60. The molecule has 6 heteroatoms. The molecule has 1 aromatic carbocycles. The van der Waals surface area contributed by atoms with Crippen LogP contribution in [-0.2, 0) is 10.0 Å².